The average molecular weight is 341 g/mol. The molecule has 2 N–H and O–H groups in total. The second-order valence-electron chi connectivity index (χ2n) is 4.10. The summed E-state index contributed by atoms with van der Waals surface area (Å²) < 4.78 is 116. The molecule has 0 spiro atoms. The maximum absolute atomic E-state index is 13.1. The quantitative estimate of drug-likeness (QED) is 0.818. The van der Waals surface area contributed by atoms with Gasteiger partial charge in [0.15, 0.2) is 0 Å². The van der Waals surface area contributed by atoms with Crippen molar-refractivity contribution in [1.82, 2.24) is 0 Å². The van der Waals surface area contributed by atoms with E-state index in [-0.39, 0.29) is 0 Å². The average Bonchev–Trinajstić information content (AvgIpc) is 2.36. The highest BCUT2D eigenvalue weighted by Gasteiger charge is 2.62. The van der Waals surface area contributed by atoms with E-state index in [0.717, 1.165) is 12.1 Å². The van der Waals surface area contributed by atoms with Gasteiger partial charge in [-0.3, -0.25) is 0 Å². The Morgan fingerprint density at radius 2 is 1.41 bits per heavy atom. The maximum Gasteiger partial charge on any atom is 0.461 e. The van der Waals surface area contributed by atoms with Crippen molar-refractivity contribution in [2.75, 3.05) is 0 Å². The van der Waals surface area contributed by atoms with E-state index in [4.69, 9.17) is 5.73 Å². The molecule has 0 bridgehead atoms. The number of alkyl halides is 9. The lowest BCUT2D eigenvalue weighted by Crippen LogP contribution is -2.46. The molecule has 0 aliphatic carbocycles. The van der Waals surface area contributed by atoms with E-state index in [1.54, 1.807) is 0 Å². The van der Waals surface area contributed by atoms with Crippen LogP contribution in [-0.4, -0.2) is 24.6 Å². The molecule has 11 heteroatoms. The van der Waals surface area contributed by atoms with E-state index in [9.17, 15) is 39.5 Å². The topological polar surface area (TPSA) is 35.2 Å². The van der Waals surface area contributed by atoms with Crippen LogP contribution in [0.3, 0.4) is 0 Å². The molecule has 2 nitrogen and oxygen atoms in total. The van der Waals surface area contributed by atoms with Gasteiger partial charge in [-0.1, -0.05) is 18.2 Å². The van der Waals surface area contributed by atoms with Gasteiger partial charge in [0.1, 0.15) is 11.8 Å². The van der Waals surface area contributed by atoms with Crippen molar-refractivity contribution in [1.29, 1.82) is 0 Å². The fourth-order valence-corrected chi connectivity index (χ4v) is 1.39. The van der Waals surface area contributed by atoms with Crippen LogP contribution in [0.4, 0.5) is 39.5 Å². The Hall–Kier alpha value is -1.65. The molecule has 1 aromatic rings. The van der Waals surface area contributed by atoms with Crippen LogP contribution in [0.25, 0.3) is 0 Å². The van der Waals surface area contributed by atoms with E-state index in [0.29, 0.717) is 12.1 Å². The third-order valence-electron chi connectivity index (χ3n) is 2.52. The highest BCUT2D eigenvalue weighted by molar-refractivity contribution is 5.37. The number of hydrogen-bond donors (Lipinski definition) is 1. The van der Waals surface area contributed by atoms with Gasteiger partial charge in [0.25, 0.3) is 0 Å². The summed E-state index contributed by atoms with van der Waals surface area (Å²) in [5, 5.41) is 0. The summed E-state index contributed by atoms with van der Waals surface area (Å²) in [7, 11) is 0. The van der Waals surface area contributed by atoms with Crippen molar-refractivity contribution in [3.8, 4) is 5.75 Å². The summed E-state index contributed by atoms with van der Waals surface area (Å²) in [6.45, 7) is 0. The first kappa shape index (κ1) is 18.4. The number of benzene rings is 1. The lowest BCUT2D eigenvalue weighted by molar-refractivity contribution is -0.291. The molecular formula is C11H8F9NO. The summed E-state index contributed by atoms with van der Waals surface area (Å²) in [6.07, 6.45) is -15.5. The number of rotatable bonds is 5. The van der Waals surface area contributed by atoms with Gasteiger partial charge in [-0.15, -0.1) is 0 Å². The van der Waals surface area contributed by atoms with E-state index >= 15 is 0 Å². The molecule has 0 heterocycles. The number of para-hydroxylation sites is 1. The van der Waals surface area contributed by atoms with Crippen LogP contribution in [0.2, 0.25) is 0 Å². The Balaban J connectivity index is 3.23. The van der Waals surface area contributed by atoms with Crippen molar-refractivity contribution in [3.63, 3.8) is 0 Å². The predicted molar refractivity (Wildman–Crippen MR) is 56.0 cm³/mol. The molecule has 1 atom stereocenters. The molecule has 0 fully saturated rings. The normalized spacial score (nSPS) is 15.0. The number of hydrogen-bond acceptors (Lipinski definition) is 2. The highest BCUT2D eigenvalue weighted by Crippen LogP contribution is 2.45. The Bertz CT molecular complexity index is 515. The molecule has 0 saturated heterocycles. The van der Waals surface area contributed by atoms with E-state index < -0.39 is 42.0 Å². The third-order valence-corrected chi connectivity index (χ3v) is 2.52. The fourth-order valence-electron chi connectivity index (χ4n) is 1.39. The monoisotopic (exact) mass is 341 g/mol. The molecule has 1 aromatic carbocycles. The smallest absolute Gasteiger partial charge is 0.428 e. The second-order valence-corrected chi connectivity index (χ2v) is 4.10. The molecule has 0 aliphatic heterocycles. The Morgan fingerprint density at radius 1 is 0.909 bits per heavy atom. The van der Waals surface area contributed by atoms with E-state index in [2.05, 4.69) is 4.74 Å². The molecule has 126 valence electrons. The summed E-state index contributed by atoms with van der Waals surface area (Å²) in [4.78, 5) is 0. The van der Waals surface area contributed by atoms with Gasteiger partial charge in [0.2, 0.25) is 0 Å². The number of ether oxygens (including phenoxy) is 1. The van der Waals surface area contributed by atoms with Gasteiger partial charge in [-0.2, -0.15) is 39.5 Å². The first-order valence-corrected chi connectivity index (χ1v) is 5.44. The van der Waals surface area contributed by atoms with Gasteiger partial charge in [0, 0.05) is 5.56 Å². The fraction of sp³-hybridized carbons (Fsp3) is 0.455. The SMILES string of the molecule is N[C@@H](c1ccccc1OC(F)(F)C(F)F)C(F)(F)C(F)(F)F. The summed E-state index contributed by atoms with van der Waals surface area (Å²) >= 11 is 0. The number of nitrogens with two attached hydrogens (primary N) is 1. The van der Waals surface area contributed by atoms with Crippen LogP contribution in [0.1, 0.15) is 11.6 Å². The third kappa shape index (κ3) is 3.57. The van der Waals surface area contributed by atoms with Crippen LogP contribution in [-0.2, 0) is 0 Å². The van der Waals surface area contributed by atoms with Crippen molar-refractivity contribution in [3.05, 3.63) is 29.8 Å². The summed E-state index contributed by atoms with van der Waals surface area (Å²) in [5.74, 6) is -6.78. The van der Waals surface area contributed by atoms with Crippen LogP contribution < -0.4 is 10.5 Å². The minimum Gasteiger partial charge on any atom is -0.428 e. The van der Waals surface area contributed by atoms with Crippen LogP contribution in [0.5, 0.6) is 5.75 Å². The van der Waals surface area contributed by atoms with Crippen LogP contribution >= 0.6 is 0 Å². The lowest BCUT2D eigenvalue weighted by Gasteiger charge is -2.28. The standard InChI is InChI=1S/C11H8F9NO/c12-8(13)10(16,17)22-6-4-2-1-3-5(6)7(21)9(14,15)11(18,19)20/h1-4,7-8H,21H2/t7-/m0/s1. The zero-order chi connectivity index (χ0) is 17.3. The van der Waals surface area contributed by atoms with Crippen molar-refractivity contribution in [2.24, 2.45) is 5.73 Å². The zero-order valence-corrected chi connectivity index (χ0v) is 10.4. The van der Waals surface area contributed by atoms with Gasteiger partial charge >= 0.3 is 24.6 Å². The number of halogens is 9. The molecule has 0 aliphatic rings. The molecule has 0 amide bonds. The minimum absolute atomic E-state index is 0.526. The molecule has 1 rings (SSSR count). The van der Waals surface area contributed by atoms with E-state index in [1.807, 2.05) is 0 Å². The van der Waals surface area contributed by atoms with Gasteiger partial charge in [-0.05, 0) is 6.07 Å². The van der Waals surface area contributed by atoms with Gasteiger partial charge in [0.05, 0.1) is 0 Å². The summed E-state index contributed by atoms with van der Waals surface area (Å²) in [5.41, 5.74) is 3.58. The first-order valence-electron chi connectivity index (χ1n) is 5.44. The molecular weight excluding hydrogens is 333 g/mol. The van der Waals surface area contributed by atoms with Crippen molar-refractivity contribution in [2.45, 2.75) is 30.7 Å². The molecule has 0 unspecified atom stereocenters. The molecule has 0 radical (unpaired) electrons. The van der Waals surface area contributed by atoms with Crippen molar-refractivity contribution < 1.29 is 44.3 Å². The van der Waals surface area contributed by atoms with Crippen LogP contribution in [0.15, 0.2) is 24.3 Å². The Morgan fingerprint density at radius 3 is 1.86 bits per heavy atom. The van der Waals surface area contributed by atoms with Crippen LogP contribution in [0, 0.1) is 0 Å². The minimum atomic E-state index is -6.06. The van der Waals surface area contributed by atoms with Gasteiger partial charge in [-0.25, -0.2) is 0 Å². The van der Waals surface area contributed by atoms with E-state index in [1.165, 1.54) is 0 Å². The highest BCUT2D eigenvalue weighted by atomic mass is 19.4. The molecule has 0 saturated carbocycles. The van der Waals surface area contributed by atoms with Crippen molar-refractivity contribution >= 4 is 0 Å². The predicted octanol–water partition coefficient (Wildman–Crippen LogP) is 4.12. The second kappa shape index (κ2) is 5.86. The first-order chi connectivity index (χ1) is 9.80. The molecule has 0 aromatic heterocycles. The zero-order valence-electron chi connectivity index (χ0n) is 10.4. The van der Waals surface area contributed by atoms with Gasteiger partial charge < -0.3 is 10.5 Å². The Kier molecular flexibility index (Phi) is 4.90. The lowest BCUT2D eigenvalue weighted by atomic mass is 10.00. The summed E-state index contributed by atoms with van der Waals surface area (Å²) in [6, 6.07) is -0.218. The maximum atomic E-state index is 13.1. The molecule has 22 heavy (non-hydrogen) atoms. The largest absolute Gasteiger partial charge is 0.461 e. The Labute approximate surface area is 117 Å².